The standard InChI is InChI=1S/C17H12FN7O3/c18-8-1-3-9(4-2-8)20-15-14(21-16-17(22-15)25-28-24-16)13(23-19)11-6-5-10(26)7-12(11)27/h1-7,26-27H,19H2,(H,20,22,25). The van der Waals surface area contributed by atoms with Crippen LogP contribution in [0.4, 0.5) is 15.9 Å². The third-order valence-corrected chi connectivity index (χ3v) is 3.81. The minimum atomic E-state index is -0.397. The van der Waals surface area contributed by atoms with Crippen LogP contribution in [-0.4, -0.2) is 36.2 Å². The van der Waals surface area contributed by atoms with Crippen molar-refractivity contribution >= 4 is 28.5 Å². The fourth-order valence-electron chi connectivity index (χ4n) is 2.54. The summed E-state index contributed by atoms with van der Waals surface area (Å²) in [4.78, 5) is 8.60. The number of aromatic hydroxyl groups is 2. The molecule has 0 saturated heterocycles. The molecule has 28 heavy (non-hydrogen) atoms. The Balaban J connectivity index is 1.87. The van der Waals surface area contributed by atoms with Crippen LogP contribution in [0.5, 0.6) is 11.5 Å². The maximum Gasteiger partial charge on any atom is 0.245 e. The predicted octanol–water partition coefficient (Wildman–Crippen LogP) is 2.02. The van der Waals surface area contributed by atoms with E-state index in [9.17, 15) is 14.6 Å². The maximum atomic E-state index is 13.2. The third kappa shape index (κ3) is 3.11. The van der Waals surface area contributed by atoms with E-state index in [1.165, 1.54) is 36.4 Å². The fourth-order valence-corrected chi connectivity index (χ4v) is 2.54. The third-order valence-electron chi connectivity index (χ3n) is 3.81. The van der Waals surface area contributed by atoms with Gasteiger partial charge in [0.05, 0.1) is 0 Å². The number of hydrogen-bond acceptors (Lipinski definition) is 10. The molecule has 0 bridgehead atoms. The van der Waals surface area contributed by atoms with Gasteiger partial charge in [0, 0.05) is 17.3 Å². The molecule has 10 nitrogen and oxygen atoms in total. The van der Waals surface area contributed by atoms with Gasteiger partial charge in [0.1, 0.15) is 28.7 Å². The molecule has 0 spiro atoms. The first-order valence-electron chi connectivity index (χ1n) is 7.88. The topological polar surface area (TPSA) is 156 Å². The Kier molecular flexibility index (Phi) is 4.16. The van der Waals surface area contributed by atoms with Gasteiger partial charge in [-0.3, -0.25) is 0 Å². The van der Waals surface area contributed by atoms with Gasteiger partial charge in [0.2, 0.25) is 11.3 Å². The molecule has 0 saturated carbocycles. The van der Waals surface area contributed by atoms with Crippen LogP contribution in [-0.2, 0) is 0 Å². The van der Waals surface area contributed by atoms with Crippen LogP contribution in [0.3, 0.4) is 0 Å². The molecule has 4 aromatic rings. The summed E-state index contributed by atoms with van der Waals surface area (Å²) in [7, 11) is 0. The lowest BCUT2D eigenvalue weighted by Gasteiger charge is -2.12. The van der Waals surface area contributed by atoms with Gasteiger partial charge in [-0.25, -0.2) is 19.0 Å². The summed E-state index contributed by atoms with van der Waals surface area (Å²) in [5.41, 5.74) is 1.14. The van der Waals surface area contributed by atoms with Gasteiger partial charge < -0.3 is 21.4 Å². The molecule has 0 aliphatic heterocycles. The lowest BCUT2D eigenvalue weighted by molar-refractivity contribution is 0.314. The second kappa shape index (κ2) is 6.79. The summed E-state index contributed by atoms with van der Waals surface area (Å²) in [6, 6.07) is 9.47. The first-order chi connectivity index (χ1) is 13.5. The Morgan fingerprint density at radius 1 is 1.04 bits per heavy atom. The van der Waals surface area contributed by atoms with Crippen LogP contribution >= 0.6 is 0 Å². The number of anilines is 2. The second-order valence-corrected chi connectivity index (χ2v) is 5.64. The number of benzene rings is 2. The number of halogens is 1. The molecule has 0 aliphatic carbocycles. The van der Waals surface area contributed by atoms with Gasteiger partial charge in [-0.1, -0.05) is 0 Å². The van der Waals surface area contributed by atoms with E-state index in [1.54, 1.807) is 0 Å². The molecule has 2 aromatic carbocycles. The Morgan fingerprint density at radius 3 is 2.43 bits per heavy atom. The summed E-state index contributed by atoms with van der Waals surface area (Å²) in [6.45, 7) is 0. The summed E-state index contributed by atoms with van der Waals surface area (Å²) >= 11 is 0. The largest absolute Gasteiger partial charge is 0.508 e. The zero-order chi connectivity index (χ0) is 19.7. The summed E-state index contributed by atoms with van der Waals surface area (Å²) in [5, 5.41) is 33.7. The molecule has 140 valence electrons. The average Bonchev–Trinajstić information content (AvgIpc) is 3.13. The molecule has 4 rings (SSSR count). The van der Waals surface area contributed by atoms with Crippen molar-refractivity contribution in [2.75, 3.05) is 5.32 Å². The number of hydrazone groups is 1. The Hall–Kier alpha value is -4.28. The van der Waals surface area contributed by atoms with Crippen LogP contribution in [0, 0.1) is 5.82 Å². The predicted molar refractivity (Wildman–Crippen MR) is 96.7 cm³/mol. The normalized spacial score (nSPS) is 11.7. The number of fused-ring (bicyclic) bond motifs is 1. The summed E-state index contributed by atoms with van der Waals surface area (Å²) < 4.78 is 17.8. The Bertz CT molecular complexity index is 1190. The minimum absolute atomic E-state index is 0.0690. The first-order valence-corrected chi connectivity index (χ1v) is 7.88. The number of nitrogens with one attached hydrogen (secondary N) is 1. The van der Waals surface area contributed by atoms with Crippen molar-refractivity contribution in [2.45, 2.75) is 0 Å². The number of nitrogens with zero attached hydrogens (tertiary/aromatic N) is 5. The molecular formula is C17H12FN7O3. The first kappa shape index (κ1) is 17.1. The molecule has 0 amide bonds. The van der Waals surface area contributed by atoms with E-state index in [0.717, 1.165) is 6.07 Å². The molecule has 2 heterocycles. The van der Waals surface area contributed by atoms with Crippen molar-refractivity contribution < 1.29 is 19.2 Å². The van der Waals surface area contributed by atoms with Crippen LogP contribution in [0.2, 0.25) is 0 Å². The van der Waals surface area contributed by atoms with Crippen molar-refractivity contribution in [3.8, 4) is 11.5 Å². The molecule has 2 aromatic heterocycles. The van der Waals surface area contributed by atoms with Crippen molar-refractivity contribution in [1.29, 1.82) is 0 Å². The molecular weight excluding hydrogens is 369 g/mol. The lowest BCUT2D eigenvalue weighted by Crippen LogP contribution is -2.13. The SMILES string of the molecule is NN=C(c1ccc(O)cc1O)c1nc2nonc2nc1Nc1ccc(F)cc1. The quantitative estimate of drug-likeness (QED) is 0.236. The van der Waals surface area contributed by atoms with Gasteiger partial charge in [0.15, 0.2) is 5.82 Å². The van der Waals surface area contributed by atoms with Crippen LogP contribution in [0.15, 0.2) is 52.2 Å². The van der Waals surface area contributed by atoms with E-state index in [4.69, 9.17) is 5.84 Å². The smallest absolute Gasteiger partial charge is 0.245 e. The van der Waals surface area contributed by atoms with Crippen molar-refractivity contribution in [1.82, 2.24) is 20.3 Å². The number of phenolic OH excluding ortho intramolecular Hbond substituents is 2. The highest BCUT2D eigenvalue weighted by atomic mass is 19.1. The van der Waals surface area contributed by atoms with Gasteiger partial charge in [-0.2, -0.15) is 5.10 Å². The second-order valence-electron chi connectivity index (χ2n) is 5.64. The number of rotatable bonds is 4. The number of phenols is 2. The van der Waals surface area contributed by atoms with Gasteiger partial charge in [-0.05, 0) is 46.7 Å². The summed E-state index contributed by atoms with van der Waals surface area (Å²) in [6.07, 6.45) is 0. The fraction of sp³-hybridized carbons (Fsp3) is 0. The minimum Gasteiger partial charge on any atom is -0.508 e. The zero-order valence-electron chi connectivity index (χ0n) is 14.0. The van der Waals surface area contributed by atoms with Gasteiger partial charge in [-0.15, -0.1) is 0 Å². The van der Waals surface area contributed by atoms with Crippen LogP contribution < -0.4 is 11.2 Å². The highest BCUT2D eigenvalue weighted by Gasteiger charge is 2.21. The highest BCUT2D eigenvalue weighted by Crippen LogP contribution is 2.28. The Morgan fingerprint density at radius 2 is 1.75 bits per heavy atom. The van der Waals surface area contributed by atoms with Gasteiger partial charge in [0.25, 0.3) is 0 Å². The van der Waals surface area contributed by atoms with E-state index in [0.29, 0.717) is 5.69 Å². The van der Waals surface area contributed by atoms with Gasteiger partial charge >= 0.3 is 0 Å². The Labute approximate surface area is 156 Å². The van der Waals surface area contributed by atoms with Crippen molar-refractivity contribution in [3.05, 3.63) is 59.5 Å². The van der Waals surface area contributed by atoms with E-state index < -0.39 is 5.82 Å². The lowest BCUT2D eigenvalue weighted by atomic mass is 10.1. The molecule has 0 radical (unpaired) electrons. The number of hydrogen-bond donors (Lipinski definition) is 4. The van der Waals surface area contributed by atoms with E-state index in [2.05, 4.69) is 35.3 Å². The zero-order valence-corrected chi connectivity index (χ0v) is 14.0. The molecule has 0 fully saturated rings. The van der Waals surface area contributed by atoms with E-state index >= 15 is 0 Å². The van der Waals surface area contributed by atoms with Crippen molar-refractivity contribution in [2.24, 2.45) is 10.9 Å². The number of aromatic nitrogens is 4. The molecule has 0 aliphatic rings. The van der Waals surface area contributed by atoms with E-state index in [1.807, 2.05) is 0 Å². The molecule has 5 N–H and O–H groups in total. The summed E-state index contributed by atoms with van der Waals surface area (Å²) in [5.74, 6) is 4.93. The number of nitrogens with two attached hydrogens (primary N) is 1. The maximum absolute atomic E-state index is 13.2. The van der Waals surface area contributed by atoms with Crippen molar-refractivity contribution in [3.63, 3.8) is 0 Å². The molecule has 0 atom stereocenters. The highest BCUT2D eigenvalue weighted by molar-refractivity contribution is 6.16. The van der Waals surface area contributed by atoms with Crippen LogP contribution in [0.1, 0.15) is 11.3 Å². The average molecular weight is 381 g/mol. The molecule has 11 heteroatoms. The van der Waals surface area contributed by atoms with E-state index in [-0.39, 0.29) is 45.6 Å². The monoisotopic (exact) mass is 381 g/mol. The van der Waals surface area contributed by atoms with Crippen LogP contribution in [0.25, 0.3) is 11.3 Å². The molecule has 0 unspecified atom stereocenters.